The minimum absolute atomic E-state index is 0.0505. The molecular weight excluding hydrogens is 668 g/mol. The van der Waals surface area contributed by atoms with E-state index in [-0.39, 0.29) is 44.9 Å². The van der Waals surface area contributed by atoms with Crippen LogP contribution in [0, 0.1) is 25.7 Å². The van der Waals surface area contributed by atoms with Gasteiger partial charge in [-0.05, 0) is 59.4 Å². The maximum absolute atomic E-state index is 12.2. The van der Waals surface area contributed by atoms with Crippen molar-refractivity contribution >= 4 is 45.9 Å². The highest BCUT2D eigenvalue weighted by atomic mass is 16.4. The van der Waals surface area contributed by atoms with Gasteiger partial charge in [0.2, 0.25) is 0 Å². The van der Waals surface area contributed by atoms with Gasteiger partial charge in [0.05, 0.1) is 0 Å². The Balaban J connectivity index is 2.24. The van der Waals surface area contributed by atoms with Crippen molar-refractivity contribution in [3.8, 4) is 45.6 Å². The van der Waals surface area contributed by atoms with Crippen LogP contribution in [0.1, 0.15) is 101 Å². The van der Waals surface area contributed by atoms with Crippen LogP contribution >= 0.6 is 0 Å². The predicted octanol–water partition coefficient (Wildman–Crippen LogP) is 7.81. The molecule has 0 fully saturated rings. The van der Waals surface area contributed by atoms with E-state index in [1.54, 1.807) is 81.4 Å². The van der Waals surface area contributed by atoms with Crippen molar-refractivity contribution in [1.29, 1.82) is 0 Å². The predicted molar refractivity (Wildman–Crippen MR) is 202 cm³/mol. The van der Waals surface area contributed by atoms with Crippen molar-refractivity contribution in [2.24, 2.45) is 21.8 Å². The Morgan fingerprint density at radius 1 is 0.538 bits per heavy atom. The van der Waals surface area contributed by atoms with E-state index < -0.39 is 70.4 Å². The number of carbonyl (C=O) groups is 2. The van der Waals surface area contributed by atoms with Gasteiger partial charge in [0, 0.05) is 56.6 Å². The second-order valence-corrected chi connectivity index (χ2v) is 14.6. The molecule has 0 unspecified atom stereocenters. The number of hydrogen-bond donors (Lipinski definition) is 8. The third kappa shape index (κ3) is 6.65. The molecule has 0 heterocycles. The van der Waals surface area contributed by atoms with Gasteiger partial charge in [0.1, 0.15) is 23.6 Å². The quantitative estimate of drug-likeness (QED) is 0.0555. The molecule has 0 aliphatic carbocycles. The molecule has 52 heavy (non-hydrogen) atoms. The summed E-state index contributed by atoms with van der Waals surface area (Å²) in [7, 11) is 0. The fourth-order valence-corrected chi connectivity index (χ4v) is 6.98. The van der Waals surface area contributed by atoms with Gasteiger partial charge in [-0.3, -0.25) is 9.98 Å². The van der Waals surface area contributed by atoms with E-state index in [2.05, 4.69) is 9.98 Å². The monoisotopic (exact) mass is 716 g/mol. The van der Waals surface area contributed by atoms with Crippen LogP contribution < -0.4 is 0 Å². The molecule has 0 aromatic heterocycles. The summed E-state index contributed by atoms with van der Waals surface area (Å²) < 4.78 is 0. The number of hydrogen-bond acceptors (Lipinski definition) is 10. The van der Waals surface area contributed by atoms with Crippen LogP contribution in [0.5, 0.6) is 34.5 Å². The molecule has 8 N–H and O–H groups in total. The Hall–Kier alpha value is -5.52. The normalized spacial score (nSPS) is 13.6. The topological polar surface area (TPSA) is 221 Å². The highest BCUT2D eigenvalue weighted by molar-refractivity contribution is 6.15. The molecule has 0 spiro atoms. The zero-order chi connectivity index (χ0) is 39.3. The Kier molecular flexibility index (Phi) is 11.0. The minimum atomic E-state index is -1.20. The number of phenols is 6. The number of rotatable bonds is 11. The van der Waals surface area contributed by atoms with Gasteiger partial charge in [0.15, 0.2) is 23.0 Å². The molecule has 0 aliphatic rings. The molecular formula is C40H48N2O10. The molecule has 278 valence electrons. The summed E-state index contributed by atoms with van der Waals surface area (Å²) in [5, 5.41) is 89.8. The number of fused-ring (bicyclic) bond motifs is 2. The first-order valence-corrected chi connectivity index (χ1v) is 17.2. The minimum Gasteiger partial charge on any atom is -0.507 e. The van der Waals surface area contributed by atoms with Gasteiger partial charge in [-0.25, -0.2) is 9.59 Å². The van der Waals surface area contributed by atoms with Crippen LogP contribution in [-0.4, -0.2) is 77.3 Å². The number of phenolic OH excluding ortho intramolecular Hbond substituents is 6. The van der Waals surface area contributed by atoms with Gasteiger partial charge in [0.25, 0.3) is 0 Å². The molecule has 4 aromatic rings. The summed E-state index contributed by atoms with van der Waals surface area (Å²) >= 11 is 0. The summed E-state index contributed by atoms with van der Waals surface area (Å²) in [6.45, 7) is 17.2. The molecule has 0 saturated carbocycles. The zero-order valence-electron chi connectivity index (χ0n) is 31.1. The van der Waals surface area contributed by atoms with Crippen LogP contribution in [0.3, 0.4) is 0 Å². The molecule has 0 radical (unpaired) electrons. The Morgan fingerprint density at radius 2 is 0.846 bits per heavy atom. The lowest BCUT2D eigenvalue weighted by atomic mass is 9.83. The van der Waals surface area contributed by atoms with Gasteiger partial charge in [-0.15, -0.1) is 0 Å². The van der Waals surface area contributed by atoms with Gasteiger partial charge in [-0.1, -0.05) is 67.5 Å². The highest BCUT2D eigenvalue weighted by Gasteiger charge is 2.30. The summed E-state index contributed by atoms with van der Waals surface area (Å²) in [4.78, 5) is 32.4. The van der Waals surface area contributed by atoms with Crippen molar-refractivity contribution in [2.75, 3.05) is 0 Å². The van der Waals surface area contributed by atoms with Crippen molar-refractivity contribution in [3.63, 3.8) is 0 Å². The van der Waals surface area contributed by atoms with Crippen LogP contribution in [0.25, 0.3) is 32.7 Å². The first-order chi connectivity index (χ1) is 24.1. The lowest BCUT2D eigenvalue weighted by Crippen LogP contribution is -2.24. The van der Waals surface area contributed by atoms with Crippen molar-refractivity contribution < 1.29 is 50.4 Å². The van der Waals surface area contributed by atoms with E-state index in [1.165, 1.54) is 0 Å². The third-order valence-corrected chi connectivity index (χ3v) is 9.49. The summed E-state index contributed by atoms with van der Waals surface area (Å²) in [6, 6.07) is 0.978. The summed E-state index contributed by atoms with van der Waals surface area (Å²) in [6.07, 6.45) is 2.23. The lowest BCUT2D eigenvalue weighted by molar-refractivity contribution is -0.140. The number of benzene rings is 4. The second kappa shape index (κ2) is 14.6. The maximum Gasteiger partial charge on any atom is 0.328 e. The Labute approximate surface area is 302 Å². The molecule has 12 nitrogen and oxygen atoms in total. The number of aliphatic carboxylic acids is 2. The molecule has 4 rings (SSSR count). The van der Waals surface area contributed by atoms with E-state index >= 15 is 0 Å². The van der Waals surface area contributed by atoms with Crippen LogP contribution in [0.4, 0.5) is 0 Å². The molecule has 12 heteroatoms. The SMILES string of the molecule is Cc1cc2c(C(C)C)c(O)c(O)c(C=N[C@H](C(=O)O)C(C)C)c2c(O)c1-c1c(C)cc2c(C(C)C)c(O)c(O)c(C=N[C@@H](C(=O)O)C(C)C)c2c1O. The average molecular weight is 717 g/mol. The van der Waals surface area contributed by atoms with Crippen LogP contribution in [-0.2, 0) is 9.59 Å². The molecule has 0 aliphatic heterocycles. The number of carboxylic acids is 2. The fourth-order valence-electron chi connectivity index (χ4n) is 6.98. The van der Waals surface area contributed by atoms with Crippen LogP contribution in [0.2, 0.25) is 0 Å². The number of aromatic hydroxyl groups is 6. The summed E-state index contributed by atoms with van der Waals surface area (Å²) in [5.74, 6) is -6.87. The van der Waals surface area contributed by atoms with Gasteiger partial charge < -0.3 is 40.9 Å². The van der Waals surface area contributed by atoms with Crippen molar-refractivity contribution in [1.82, 2.24) is 0 Å². The average Bonchev–Trinajstić information content (AvgIpc) is 3.01. The van der Waals surface area contributed by atoms with E-state index in [0.29, 0.717) is 33.0 Å². The Bertz CT molecular complexity index is 2010. The van der Waals surface area contributed by atoms with Gasteiger partial charge >= 0.3 is 11.9 Å². The van der Waals surface area contributed by atoms with Crippen LogP contribution in [0.15, 0.2) is 22.1 Å². The molecule has 2 atom stereocenters. The number of aryl methyl sites for hydroxylation is 2. The number of nitrogens with zero attached hydrogens (tertiary/aromatic N) is 2. The Morgan fingerprint density at radius 3 is 1.10 bits per heavy atom. The third-order valence-electron chi connectivity index (χ3n) is 9.49. The van der Waals surface area contributed by atoms with Gasteiger partial charge in [-0.2, -0.15) is 0 Å². The smallest absolute Gasteiger partial charge is 0.328 e. The van der Waals surface area contributed by atoms with E-state index in [4.69, 9.17) is 0 Å². The first-order valence-electron chi connectivity index (χ1n) is 17.2. The highest BCUT2D eigenvalue weighted by Crippen LogP contribution is 2.54. The zero-order valence-corrected chi connectivity index (χ0v) is 31.1. The molecule has 0 saturated heterocycles. The van der Waals surface area contributed by atoms with E-state index in [0.717, 1.165) is 12.4 Å². The number of aliphatic imine (C=N–C) groups is 2. The standard InChI is InChI=1S/C40H48N2O10/c1-15(2)25-21-11-19(9)27(35(45)29(21)23(33(43)37(25)47)13-41-31(17(5)6)39(49)50)28-20(10)12-22-26(16(3)4)38(48)34(44)24(30(22)36(28)46)14-42-32(18(7)8)40(51)52/h11-18,31-32,43-48H,1-10H3,(H,49,50)(H,51,52)/t31-,32+. The summed E-state index contributed by atoms with van der Waals surface area (Å²) in [5.41, 5.74) is 1.55. The van der Waals surface area contributed by atoms with Crippen molar-refractivity contribution in [2.45, 2.75) is 93.2 Å². The molecule has 4 aromatic carbocycles. The largest absolute Gasteiger partial charge is 0.507 e. The fraction of sp³-hybridized carbons (Fsp3) is 0.400. The van der Waals surface area contributed by atoms with E-state index in [9.17, 15) is 50.4 Å². The van der Waals surface area contributed by atoms with E-state index in [1.807, 2.05) is 0 Å². The number of carboxylic acid groups (broad SMARTS) is 2. The first kappa shape index (κ1) is 39.3. The van der Waals surface area contributed by atoms with Crippen molar-refractivity contribution in [3.05, 3.63) is 45.5 Å². The lowest BCUT2D eigenvalue weighted by Gasteiger charge is -2.24. The molecule has 0 bridgehead atoms. The second-order valence-electron chi connectivity index (χ2n) is 14.6. The molecule has 0 amide bonds. The maximum atomic E-state index is 12.2.